The minimum absolute atomic E-state index is 0.00121. The lowest BCUT2D eigenvalue weighted by atomic mass is 9.84. The zero-order chi connectivity index (χ0) is 23.4. The number of para-hydroxylation sites is 1. The minimum atomic E-state index is -1.02. The highest BCUT2D eigenvalue weighted by Crippen LogP contribution is 2.35. The van der Waals surface area contributed by atoms with E-state index in [0.29, 0.717) is 48.5 Å². The third-order valence-electron chi connectivity index (χ3n) is 6.77. The Bertz CT molecular complexity index is 997. The summed E-state index contributed by atoms with van der Waals surface area (Å²) in [5, 5.41) is 6.22. The fourth-order valence-electron chi connectivity index (χ4n) is 4.94. The average Bonchev–Trinajstić information content (AvgIpc) is 2.84. The van der Waals surface area contributed by atoms with E-state index in [4.69, 9.17) is 4.74 Å². The molecule has 2 amide bonds. The SMILES string of the molecule is COc1ccccc1C1CCN(C(=O)C2(NC(=O)c3c(F)cccc3I)CCNCC2)CC1. The summed E-state index contributed by atoms with van der Waals surface area (Å²) >= 11 is 1.96. The number of carbonyl (C=O) groups is 2. The van der Waals surface area contributed by atoms with E-state index in [9.17, 15) is 14.0 Å². The minimum Gasteiger partial charge on any atom is -0.496 e. The summed E-state index contributed by atoms with van der Waals surface area (Å²) in [6, 6.07) is 12.6. The Kier molecular flexibility index (Phi) is 7.53. The first kappa shape index (κ1) is 23.9. The van der Waals surface area contributed by atoms with Gasteiger partial charge in [0.1, 0.15) is 17.1 Å². The number of rotatable bonds is 5. The maximum absolute atomic E-state index is 14.4. The van der Waals surface area contributed by atoms with Crippen LogP contribution in [0.2, 0.25) is 0 Å². The van der Waals surface area contributed by atoms with Gasteiger partial charge in [-0.05, 0) is 91.0 Å². The van der Waals surface area contributed by atoms with Gasteiger partial charge in [-0.2, -0.15) is 0 Å². The summed E-state index contributed by atoms with van der Waals surface area (Å²) in [5.41, 5.74) is 0.148. The van der Waals surface area contributed by atoms with E-state index in [2.05, 4.69) is 16.7 Å². The van der Waals surface area contributed by atoms with Crippen LogP contribution >= 0.6 is 22.6 Å². The van der Waals surface area contributed by atoms with Crippen LogP contribution in [0.5, 0.6) is 5.75 Å². The first-order valence-electron chi connectivity index (χ1n) is 11.3. The third-order valence-corrected chi connectivity index (χ3v) is 7.67. The van der Waals surface area contributed by atoms with Crippen LogP contribution in [0.25, 0.3) is 0 Å². The van der Waals surface area contributed by atoms with Crippen LogP contribution in [0.15, 0.2) is 42.5 Å². The van der Waals surface area contributed by atoms with Crippen molar-refractivity contribution in [3.05, 3.63) is 63.0 Å². The highest BCUT2D eigenvalue weighted by Gasteiger charge is 2.44. The predicted molar refractivity (Wildman–Crippen MR) is 133 cm³/mol. The van der Waals surface area contributed by atoms with Gasteiger partial charge in [0.15, 0.2) is 0 Å². The lowest BCUT2D eigenvalue weighted by Gasteiger charge is -2.43. The maximum atomic E-state index is 14.4. The Balaban J connectivity index is 1.50. The van der Waals surface area contributed by atoms with Gasteiger partial charge in [0.05, 0.1) is 12.7 Å². The Morgan fingerprint density at radius 2 is 1.82 bits per heavy atom. The van der Waals surface area contributed by atoms with Gasteiger partial charge in [0.25, 0.3) is 5.91 Å². The summed E-state index contributed by atoms with van der Waals surface area (Å²) in [5.74, 6) is 0.0278. The number of amides is 2. The molecule has 2 aromatic carbocycles. The quantitative estimate of drug-likeness (QED) is 0.543. The summed E-state index contributed by atoms with van der Waals surface area (Å²) in [6.07, 6.45) is 2.63. The molecule has 2 saturated heterocycles. The number of piperidine rings is 2. The predicted octanol–water partition coefficient (Wildman–Crippen LogP) is 3.70. The molecule has 0 bridgehead atoms. The van der Waals surface area contributed by atoms with Gasteiger partial charge in [-0.3, -0.25) is 9.59 Å². The molecule has 0 radical (unpaired) electrons. The number of nitrogens with one attached hydrogen (secondary N) is 2. The van der Waals surface area contributed by atoms with E-state index >= 15 is 0 Å². The molecule has 0 atom stereocenters. The highest BCUT2D eigenvalue weighted by atomic mass is 127. The van der Waals surface area contributed by atoms with E-state index in [0.717, 1.165) is 18.6 Å². The van der Waals surface area contributed by atoms with Crippen molar-refractivity contribution in [2.24, 2.45) is 0 Å². The third kappa shape index (κ3) is 5.01. The molecule has 2 aliphatic rings. The van der Waals surface area contributed by atoms with Crippen molar-refractivity contribution < 1.29 is 18.7 Å². The van der Waals surface area contributed by atoms with E-state index in [1.165, 1.54) is 11.6 Å². The van der Waals surface area contributed by atoms with Crippen LogP contribution in [0, 0.1) is 9.39 Å². The first-order valence-corrected chi connectivity index (χ1v) is 12.4. The second-order valence-electron chi connectivity index (χ2n) is 8.69. The summed E-state index contributed by atoms with van der Waals surface area (Å²) in [7, 11) is 1.68. The zero-order valence-electron chi connectivity index (χ0n) is 18.7. The molecule has 0 aliphatic carbocycles. The summed E-state index contributed by atoms with van der Waals surface area (Å²) in [6.45, 7) is 2.48. The van der Waals surface area contributed by atoms with Crippen molar-refractivity contribution in [2.75, 3.05) is 33.3 Å². The zero-order valence-corrected chi connectivity index (χ0v) is 20.9. The lowest BCUT2D eigenvalue weighted by Crippen LogP contribution is -2.64. The van der Waals surface area contributed by atoms with Crippen molar-refractivity contribution in [3.63, 3.8) is 0 Å². The van der Waals surface area contributed by atoms with Gasteiger partial charge in [0.2, 0.25) is 5.91 Å². The molecule has 2 aliphatic heterocycles. The number of methoxy groups -OCH3 is 1. The van der Waals surface area contributed by atoms with Crippen LogP contribution in [0.1, 0.15) is 47.5 Å². The normalized spacial score (nSPS) is 18.6. The molecule has 0 saturated carbocycles. The molecule has 4 rings (SSSR count). The average molecular weight is 565 g/mol. The van der Waals surface area contributed by atoms with Gasteiger partial charge in [-0.1, -0.05) is 24.3 Å². The molecule has 2 fully saturated rings. The highest BCUT2D eigenvalue weighted by molar-refractivity contribution is 14.1. The van der Waals surface area contributed by atoms with Crippen LogP contribution < -0.4 is 15.4 Å². The number of benzene rings is 2. The molecular formula is C25H29FIN3O3. The lowest BCUT2D eigenvalue weighted by molar-refractivity contribution is -0.140. The van der Waals surface area contributed by atoms with Gasteiger partial charge in [-0.25, -0.2) is 4.39 Å². The van der Waals surface area contributed by atoms with Gasteiger partial charge in [-0.15, -0.1) is 0 Å². The number of hydrogen-bond donors (Lipinski definition) is 2. The molecule has 2 heterocycles. The van der Waals surface area contributed by atoms with Crippen LogP contribution in [-0.2, 0) is 4.79 Å². The molecule has 0 unspecified atom stereocenters. The number of nitrogens with zero attached hydrogens (tertiary/aromatic N) is 1. The van der Waals surface area contributed by atoms with Crippen LogP contribution in [0.4, 0.5) is 4.39 Å². The van der Waals surface area contributed by atoms with Crippen molar-refractivity contribution in [1.29, 1.82) is 0 Å². The largest absolute Gasteiger partial charge is 0.496 e. The van der Waals surface area contributed by atoms with Crippen molar-refractivity contribution in [3.8, 4) is 5.75 Å². The van der Waals surface area contributed by atoms with Crippen molar-refractivity contribution in [2.45, 2.75) is 37.1 Å². The summed E-state index contributed by atoms with van der Waals surface area (Å²) < 4.78 is 20.5. The topological polar surface area (TPSA) is 70.7 Å². The van der Waals surface area contributed by atoms with Gasteiger partial charge < -0.3 is 20.3 Å². The number of carbonyl (C=O) groups excluding carboxylic acids is 2. The van der Waals surface area contributed by atoms with Crippen molar-refractivity contribution >= 4 is 34.4 Å². The molecule has 6 nitrogen and oxygen atoms in total. The van der Waals surface area contributed by atoms with Gasteiger partial charge >= 0.3 is 0 Å². The van der Waals surface area contributed by atoms with E-state index in [-0.39, 0.29) is 11.5 Å². The second kappa shape index (κ2) is 10.4. The molecule has 0 spiro atoms. The Hall–Kier alpha value is -2.20. The Labute approximate surface area is 207 Å². The Morgan fingerprint density at radius 3 is 2.48 bits per heavy atom. The first-order chi connectivity index (χ1) is 15.9. The fourth-order valence-corrected chi connectivity index (χ4v) is 5.65. The Morgan fingerprint density at radius 1 is 1.12 bits per heavy atom. The molecule has 33 heavy (non-hydrogen) atoms. The van der Waals surface area contributed by atoms with Crippen LogP contribution in [-0.4, -0.2) is 55.5 Å². The van der Waals surface area contributed by atoms with Crippen molar-refractivity contribution in [1.82, 2.24) is 15.5 Å². The maximum Gasteiger partial charge on any atom is 0.256 e. The second-order valence-corrected chi connectivity index (χ2v) is 9.85. The molecular weight excluding hydrogens is 536 g/mol. The van der Waals surface area contributed by atoms with E-state index < -0.39 is 17.3 Å². The number of likely N-dealkylation sites (tertiary alicyclic amines) is 1. The standard InChI is InChI=1S/C25H29FIN3O3/c1-33-21-8-3-2-5-18(21)17-9-15-30(16-10-17)24(32)25(11-13-28-14-12-25)29-23(31)22-19(26)6-4-7-20(22)27/h2-8,17,28H,9-16H2,1H3,(H,29,31). The number of halogens is 2. The smallest absolute Gasteiger partial charge is 0.256 e. The monoisotopic (exact) mass is 565 g/mol. The van der Waals surface area contributed by atoms with E-state index in [1.807, 2.05) is 45.7 Å². The fraction of sp³-hybridized carbons (Fsp3) is 0.440. The molecule has 2 aromatic rings. The molecule has 8 heteroatoms. The number of hydrogen-bond acceptors (Lipinski definition) is 4. The van der Waals surface area contributed by atoms with Gasteiger partial charge in [0, 0.05) is 16.7 Å². The number of ether oxygens (including phenoxy) is 1. The summed E-state index contributed by atoms with van der Waals surface area (Å²) in [4.78, 5) is 28.7. The molecule has 2 N–H and O–H groups in total. The van der Waals surface area contributed by atoms with E-state index in [1.54, 1.807) is 19.2 Å². The molecule has 176 valence electrons. The molecule has 0 aromatic heterocycles. The van der Waals surface area contributed by atoms with Crippen LogP contribution in [0.3, 0.4) is 0 Å².